The largest absolute Gasteiger partial charge is 0.467 e. The quantitative estimate of drug-likeness (QED) is 0.603. The maximum atomic E-state index is 12.9. The van der Waals surface area contributed by atoms with Gasteiger partial charge in [0.1, 0.15) is 5.76 Å². The fourth-order valence-corrected chi connectivity index (χ4v) is 4.02. The highest BCUT2D eigenvalue weighted by atomic mass is 16.5. The van der Waals surface area contributed by atoms with Crippen molar-refractivity contribution >= 4 is 11.9 Å². The van der Waals surface area contributed by atoms with Crippen molar-refractivity contribution in [2.45, 2.75) is 46.4 Å². The van der Waals surface area contributed by atoms with Crippen LogP contribution in [-0.4, -0.2) is 34.0 Å². The minimum atomic E-state index is -0.837. The van der Waals surface area contributed by atoms with Crippen LogP contribution in [0.2, 0.25) is 0 Å². The van der Waals surface area contributed by atoms with Crippen molar-refractivity contribution in [1.29, 1.82) is 0 Å². The number of benzene rings is 1. The number of ether oxygens (including phenoxy) is 1. The first-order chi connectivity index (χ1) is 14.4. The molecule has 1 aromatic carbocycles. The zero-order valence-corrected chi connectivity index (χ0v) is 17.6. The second kappa shape index (κ2) is 8.22. The Labute approximate surface area is 176 Å². The van der Waals surface area contributed by atoms with E-state index in [-0.39, 0.29) is 5.91 Å². The van der Waals surface area contributed by atoms with E-state index in [2.05, 4.69) is 6.07 Å². The molecule has 30 heavy (non-hydrogen) atoms. The molecule has 1 aliphatic rings. The molecule has 0 aliphatic carbocycles. The van der Waals surface area contributed by atoms with Crippen LogP contribution in [0.25, 0.3) is 0 Å². The van der Waals surface area contributed by atoms with Gasteiger partial charge >= 0.3 is 5.97 Å². The highest BCUT2D eigenvalue weighted by Crippen LogP contribution is 2.21. The summed E-state index contributed by atoms with van der Waals surface area (Å²) in [6, 6.07) is 13.7. The lowest BCUT2D eigenvalue weighted by molar-refractivity contribution is -0.140. The van der Waals surface area contributed by atoms with Crippen LogP contribution in [0.1, 0.15) is 45.6 Å². The molecule has 0 fully saturated rings. The van der Waals surface area contributed by atoms with Gasteiger partial charge in [-0.15, -0.1) is 0 Å². The Balaban J connectivity index is 1.43. The summed E-state index contributed by atoms with van der Waals surface area (Å²) in [6.07, 6.45) is 1.61. The van der Waals surface area contributed by atoms with Crippen molar-refractivity contribution in [2.75, 3.05) is 6.54 Å². The van der Waals surface area contributed by atoms with Gasteiger partial charge in [-0.2, -0.15) is 0 Å². The lowest BCUT2D eigenvalue weighted by atomic mass is 9.99. The van der Waals surface area contributed by atoms with Crippen molar-refractivity contribution in [3.05, 3.63) is 82.6 Å². The highest BCUT2D eigenvalue weighted by molar-refractivity contribution is 5.93. The van der Waals surface area contributed by atoms with Gasteiger partial charge in [-0.05, 0) is 56.5 Å². The fraction of sp³-hybridized carbons (Fsp3) is 0.333. The molecule has 0 saturated carbocycles. The van der Waals surface area contributed by atoms with Crippen LogP contribution in [0.15, 0.2) is 53.1 Å². The average Bonchev–Trinajstić information content (AvgIpc) is 3.36. The minimum absolute atomic E-state index is 0.165. The van der Waals surface area contributed by atoms with E-state index in [9.17, 15) is 9.59 Å². The molecule has 0 bridgehead atoms. The molecule has 0 unspecified atom stereocenters. The molecule has 0 radical (unpaired) electrons. The van der Waals surface area contributed by atoms with Crippen LogP contribution in [-0.2, 0) is 29.0 Å². The van der Waals surface area contributed by atoms with Crippen molar-refractivity contribution in [3.8, 4) is 0 Å². The predicted molar refractivity (Wildman–Crippen MR) is 112 cm³/mol. The molecule has 4 rings (SSSR count). The van der Waals surface area contributed by atoms with Gasteiger partial charge in [0, 0.05) is 24.5 Å². The Hall–Kier alpha value is -3.28. The van der Waals surface area contributed by atoms with E-state index in [1.165, 1.54) is 5.56 Å². The van der Waals surface area contributed by atoms with E-state index in [1.807, 2.05) is 48.7 Å². The number of hydrogen-bond donors (Lipinski definition) is 0. The van der Waals surface area contributed by atoms with Gasteiger partial charge < -0.3 is 18.6 Å². The number of furan rings is 1. The van der Waals surface area contributed by atoms with Gasteiger partial charge in [-0.25, -0.2) is 4.79 Å². The molecule has 6 heteroatoms. The van der Waals surface area contributed by atoms with Crippen LogP contribution in [0.4, 0.5) is 0 Å². The molecule has 1 aliphatic heterocycles. The molecular weight excluding hydrogens is 380 g/mol. The summed E-state index contributed by atoms with van der Waals surface area (Å²) < 4.78 is 13.0. The number of esters is 1. The predicted octanol–water partition coefficient (Wildman–Crippen LogP) is 3.88. The van der Waals surface area contributed by atoms with Gasteiger partial charge in [0.15, 0.2) is 6.10 Å². The summed E-state index contributed by atoms with van der Waals surface area (Å²) in [5.41, 5.74) is 4.62. The van der Waals surface area contributed by atoms with E-state index < -0.39 is 12.1 Å². The van der Waals surface area contributed by atoms with Crippen LogP contribution in [0.3, 0.4) is 0 Å². The molecule has 3 aromatic rings. The molecule has 1 atom stereocenters. The van der Waals surface area contributed by atoms with E-state index >= 15 is 0 Å². The van der Waals surface area contributed by atoms with Gasteiger partial charge in [-0.3, -0.25) is 4.79 Å². The number of nitrogens with zero attached hydrogens (tertiary/aromatic N) is 2. The van der Waals surface area contributed by atoms with Gasteiger partial charge in [0.25, 0.3) is 5.91 Å². The Morgan fingerprint density at radius 2 is 1.90 bits per heavy atom. The molecule has 0 N–H and O–H groups in total. The topological polar surface area (TPSA) is 64.7 Å². The number of carbonyl (C=O) groups is 2. The van der Waals surface area contributed by atoms with Crippen LogP contribution in [0.5, 0.6) is 0 Å². The molecule has 0 spiro atoms. The molecule has 2 aromatic heterocycles. The lowest BCUT2D eigenvalue weighted by Crippen LogP contribution is -2.42. The number of aromatic nitrogens is 1. The first-order valence-corrected chi connectivity index (χ1v) is 10.2. The molecule has 0 saturated heterocycles. The summed E-state index contributed by atoms with van der Waals surface area (Å²) in [5.74, 6) is 0.167. The Bertz CT molecular complexity index is 1070. The zero-order valence-electron chi connectivity index (χ0n) is 17.6. The Kier molecular flexibility index (Phi) is 5.48. The standard InChI is InChI=1S/C24H26N2O4/c1-16-13-22(17(2)26(16)15-21-9-6-12-29-21)24(28)30-18(3)23(27)25-11-10-19-7-4-5-8-20(19)14-25/h4-9,12-13,18H,10-11,14-15H2,1-3H3/t18-/m0/s1. The summed E-state index contributed by atoms with van der Waals surface area (Å²) in [4.78, 5) is 27.4. The van der Waals surface area contributed by atoms with E-state index in [0.717, 1.165) is 29.1 Å². The van der Waals surface area contributed by atoms with E-state index in [0.29, 0.717) is 25.2 Å². The maximum Gasteiger partial charge on any atom is 0.340 e. The number of fused-ring (bicyclic) bond motifs is 1. The normalized spacial score (nSPS) is 14.3. The average molecular weight is 406 g/mol. The molecule has 156 valence electrons. The second-order valence-corrected chi connectivity index (χ2v) is 7.78. The monoisotopic (exact) mass is 406 g/mol. The van der Waals surface area contributed by atoms with Crippen molar-refractivity contribution in [2.24, 2.45) is 0 Å². The minimum Gasteiger partial charge on any atom is -0.467 e. The first-order valence-electron chi connectivity index (χ1n) is 10.2. The van der Waals surface area contributed by atoms with Crippen LogP contribution >= 0.6 is 0 Å². The molecule has 3 heterocycles. The van der Waals surface area contributed by atoms with Gasteiger partial charge in [0.05, 0.1) is 18.4 Å². The number of rotatable bonds is 5. The van der Waals surface area contributed by atoms with E-state index in [1.54, 1.807) is 24.2 Å². The lowest BCUT2D eigenvalue weighted by Gasteiger charge is -2.30. The number of carbonyl (C=O) groups excluding carboxylic acids is 2. The van der Waals surface area contributed by atoms with Gasteiger partial charge in [0.2, 0.25) is 0 Å². The Morgan fingerprint density at radius 3 is 2.63 bits per heavy atom. The second-order valence-electron chi connectivity index (χ2n) is 7.78. The fourth-order valence-electron chi connectivity index (χ4n) is 4.02. The van der Waals surface area contributed by atoms with Crippen molar-refractivity contribution < 1.29 is 18.7 Å². The van der Waals surface area contributed by atoms with Crippen LogP contribution in [0, 0.1) is 13.8 Å². The third-order valence-corrected chi connectivity index (χ3v) is 5.76. The zero-order chi connectivity index (χ0) is 21.3. The van der Waals surface area contributed by atoms with Crippen molar-refractivity contribution in [3.63, 3.8) is 0 Å². The smallest absolute Gasteiger partial charge is 0.340 e. The molecular formula is C24H26N2O4. The van der Waals surface area contributed by atoms with Gasteiger partial charge in [-0.1, -0.05) is 24.3 Å². The summed E-state index contributed by atoms with van der Waals surface area (Å²) >= 11 is 0. The highest BCUT2D eigenvalue weighted by Gasteiger charge is 2.28. The first kappa shape index (κ1) is 20.0. The summed E-state index contributed by atoms with van der Waals surface area (Å²) in [7, 11) is 0. The molecule has 1 amide bonds. The third-order valence-electron chi connectivity index (χ3n) is 5.76. The summed E-state index contributed by atoms with van der Waals surface area (Å²) in [5, 5.41) is 0. The van der Waals surface area contributed by atoms with E-state index in [4.69, 9.17) is 9.15 Å². The number of hydrogen-bond acceptors (Lipinski definition) is 4. The molecule has 6 nitrogen and oxygen atoms in total. The Morgan fingerprint density at radius 1 is 1.13 bits per heavy atom. The SMILES string of the molecule is Cc1cc(C(=O)O[C@@H](C)C(=O)N2CCc3ccccc3C2)c(C)n1Cc1ccco1. The number of amides is 1. The van der Waals surface area contributed by atoms with Crippen molar-refractivity contribution in [1.82, 2.24) is 9.47 Å². The maximum absolute atomic E-state index is 12.9. The number of aryl methyl sites for hydroxylation is 1. The summed E-state index contributed by atoms with van der Waals surface area (Å²) in [6.45, 7) is 7.18. The van der Waals surface area contributed by atoms with Crippen LogP contribution < -0.4 is 0 Å². The third kappa shape index (κ3) is 3.90.